The Morgan fingerprint density at radius 3 is 2.58 bits per heavy atom. The van der Waals surface area contributed by atoms with E-state index < -0.39 is 5.82 Å². The second-order valence-corrected chi connectivity index (χ2v) is 6.18. The molecule has 3 heterocycles. The van der Waals surface area contributed by atoms with Gasteiger partial charge in [0.25, 0.3) is 5.88 Å². The number of hydrogen-bond acceptors (Lipinski definition) is 6. The summed E-state index contributed by atoms with van der Waals surface area (Å²) in [7, 11) is 0. The molecule has 1 saturated heterocycles. The van der Waals surface area contributed by atoms with Crippen molar-refractivity contribution in [1.29, 1.82) is 0 Å². The summed E-state index contributed by atoms with van der Waals surface area (Å²) in [6.07, 6.45) is 3.75. The fraction of sp³-hybridized carbons (Fsp3) is 0.529. The van der Waals surface area contributed by atoms with Gasteiger partial charge in [0.05, 0.1) is 12.3 Å². The van der Waals surface area contributed by atoms with Gasteiger partial charge >= 0.3 is 0 Å². The van der Waals surface area contributed by atoms with E-state index in [1.807, 2.05) is 13.0 Å². The Hall–Kier alpha value is -2.31. The van der Waals surface area contributed by atoms with Crippen LogP contribution in [0.25, 0.3) is 0 Å². The molecule has 0 aliphatic carbocycles. The van der Waals surface area contributed by atoms with Crippen molar-refractivity contribution >= 4 is 5.82 Å². The first-order chi connectivity index (χ1) is 11.5. The SMILES string of the molecule is Cc1nccc(N2CCC(COc3nc(C)nc(C)c3F)CC2)n1. The highest BCUT2D eigenvalue weighted by Crippen LogP contribution is 2.23. The molecule has 1 aliphatic rings. The van der Waals surface area contributed by atoms with E-state index in [1.165, 1.54) is 0 Å². The molecule has 3 rings (SSSR count). The highest BCUT2D eigenvalue weighted by atomic mass is 19.1. The van der Waals surface area contributed by atoms with E-state index in [-0.39, 0.29) is 5.88 Å². The van der Waals surface area contributed by atoms with Crippen molar-refractivity contribution < 1.29 is 9.13 Å². The maximum Gasteiger partial charge on any atom is 0.254 e. The molecule has 1 aliphatic heterocycles. The van der Waals surface area contributed by atoms with E-state index in [0.29, 0.717) is 24.0 Å². The Balaban J connectivity index is 1.54. The molecule has 1 fully saturated rings. The molecule has 2 aromatic heterocycles. The Morgan fingerprint density at radius 1 is 1.12 bits per heavy atom. The number of anilines is 1. The highest BCUT2D eigenvalue weighted by molar-refractivity contribution is 5.37. The van der Waals surface area contributed by atoms with Gasteiger partial charge < -0.3 is 9.64 Å². The van der Waals surface area contributed by atoms with Gasteiger partial charge in [0.15, 0.2) is 0 Å². The van der Waals surface area contributed by atoms with Crippen LogP contribution in [0.2, 0.25) is 0 Å². The summed E-state index contributed by atoms with van der Waals surface area (Å²) >= 11 is 0. The van der Waals surface area contributed by atoms with E-state index in [0.717, 1.165) is 37.6 Å². The van der Waals surface area contributed by atoms with Crippen LogP contribution in [0.5, 0.6) is 5.88 Å². The number of rotatable bonds is 4. The summed E-state index contributed by atoms with van der Waals surface area (Å²) in [6, 6.07) is 1.94. The van der Waals surface area contributed by atoms with Crippen LogP contribution in [-0.4, -0.2) is 39.6 Å². The van der Waals surface area contributed by atoms with Crippen molar-refractivity contribution in [2.24, 2.45) is 5.92 Å². The number of halogens is 1. The van der Waals surface area contributed by atoms with Crippen molar-refractivity contribution in [2.75, 3.05) is 24.6 Å². The van der Waals surface area contributed by atoms with Crippen LogP contribution in [0.1, 0.15) is 30.2 Å². The van der Waals surface area contributed by atoms with Gasteiger partial charge in [-0.25, -0.2) is 15.0 Å². The summed E-state index contributed by atoms with van der Waals surface area (Å²) in [5.41, 5.74) is 0.325. The topological polar surface area (TPSA) is 64.0 Å². The zero-order chi connectivity index (χ0) is 17.1. The van der Waals surface area contributed by atoms with Gasteiger partial charge in [-0.3, -0.25) is 0 Å². The zero-order valence-corrected chi connectivity index (χ0v) is 14.3. The summed E-state index contributed by atoms with van der Waals surface area (Å²) in [5, 5.41) is 0. The van der Waals surface area contributed by atoms with Crippen LogP contribution in [0, 0.1) is 32.5 Å². The first-order valence-electron chi connectivity index (χ1n) is 8.21. The lowest BCUT2D eigenvalue weighted by molar-refractivity contribution is 0.206. The van der Waals surface area contributed by atoms with E-state index in [1.54, 1.807) is 20.0 Å². The molecule has 0 saturated carbocycles. The maximum absolute atomic E-state index is 14.0. The van der Waals surface area contributed by atoms with Gasteiger partial charge in [-0.05, 0) is 45.6 Å². The zero-order valence-electron chi connectivity index (χ0n) is 14.3. The smallest absolute Gasteiger partial charge is 0.254 e. The van der Waals surface area contributed by atoms with Gasteiger partial charge in [-0.2, -0.15) is 9.37 Å². The van der Waals surface area contributed by atoms with Gasteiger partial charge in [-0.15, -0.1) is 0 Å². The lowest BCUT2D eigenvalue weighted by atomic mass is 9.98. The van der Waals surface area contributed by atoms with Crippen LogP contribution in [0.4, 0.5) is 10.2 Å². The number of ether oxygens (including phenoxy) is 1. The van der Waals surface area contributed by atoms with Gasteiger partial charge in [-0.1, -0.05) is 0 Å². The van der Waals surface area contributed by atoms with Crippen LogP contribution in [-0.2, 0) is 0 Å². The molecule has 2 aromatic rings. The minimum atomic E-state index is -0.463. The van der Waals surface area contributed by atoms with Crippen molar-refractivity contribution in [1.82, 2.24) is 19.9 Å². The van der Waals surface area contributed by atoms with Crippen LogP contribution < -0.4 is 9.64 Å². The average molecular weight is 331 g/mol. The van der Waals surface area contributed by atoms with Gasteiger partial charge in [0, 0.05) is 19.3 Å². The first-order valence-corrected chi connectivity index (χ1v) is 8.21. The van der Waals surface area contributed by atoms with Crippen LogP contribution in [0.3, 0.4) is 0 Å². The molecule has 0 atom stereocenters. The maximum atomic E-state index is 14.0. The largest absolute Gasteiger partial charge is 0.475 e. The molecule has 0 radical (unpaired) electrons. The second kappa shape index (κ2) is 7.07. The van der Waals surface area contributed by atoms with Crippen molar-refractivity contribution in [3.8, 4) is 5.88 Å². The Kier molecular flexibility index (Phi) is 4.87. The van der Waals surface area contributed by atoms with E-state index in [9.17, 15) is 4.39 Å². The average Bonchev–Trinajstić information content (AvgIpc) is 2.57. The van der Waals surface area contributed by atoms with Crippen LogP contribution in [0.15, 0.2) is 12.3 Å². The third kappa shape index (κ3) is 3.77. The third-order valence-electron chi connectivity index (χ3n) is 4.25. The molecule has 0 bridgehead atoms. The van der Waals surface area contributed by atoms with Crippen molar-refractivity contribution in [3.05, 3.63) is 35.4 Å². The molecule has 0 aromatic carbocycles. The number of nitrogens with zero attached hydrogens (tertiary/aromatic N) is 5. The van der Waals surface area contributed by atoms with Crippen molar-refractivity contribution in [3.63, 3.8) is 0 Å². The molecule has 0 amide bonds. The summed E-state index contributed by atoms with van der Waals surface area (Å²) < 4.78 is 19.6. The lowest BCUT2D eigenvalue weighted by Crippen LogP contribution is -2.36. The second-order valence-electron chi connectivity index (χ2n) is 6.18. The Bertz CT molecular complexity index is 716. The normalized spacial score (nSPS) is 15.6. The quantitative estimate of drug-likeness (QED) is 0.858. The fourth-order valence-electron chi connectivity index (χ4n) is 2.91. The first kappa shape index (κ1) is 16.5. The minimum Gasteiger partial charge on any atom is -0.475 e. The predicted molar refractivity (Wildman–Crippen MR) is 88.7 cm³/mol. The minimum absolute atomic E-state index is 0.0638. The van der Waals surface area contributed by atoms with Gasteiger partial charge in [0.1, 0.15) is 17.5 Å². The highest BCUT2D eigenvalue weighted by Gasteiger charge is 2.22. The molecule has 0 spiro atoms. The summed E-state index contributed by atoms with van der Waals surface area (Å²) in [6.45, 7) is 7.55. The Morgan fingerprint density at radius 2 is 1.88 bits per heavy atom. The third-order valence-corrected chi connectivity index (χ3v) is 4.25. The van der Waals surface area contributed by atoms with Gasteiger partial charge in [0.2, 0.25) is 5.82 Å². The molecule has 24 heavy (non-hydrogen) atoms. The fourth-order valence-corrected chi connectivity index (χ4v) is 2.91. The number of hydrogen-bond donors (Lipinski definition) is 0. The predicted octanol–water partition coefficient (Wildman–Crippen LogP) is 2.63. The van der Waals surface area contributed by atoms with Crippen LogP contribution >= 0.6 is 0 Å². The number of aromatic nitrogens is 4. The lowest BCUT2D eigenvalue weighted by Gasteiger charge is -2.32. The van der Waals surface area contributed by atoms with E-state index in [4.69, 9.17) is 4.74 Å². The molecule has 7 heteroatoms. The summed E-state index contributed by atoms with van der Waals surface area (Å²) in [5.74, 6) is 2.26. The van der Waals surface area contributed by atoms with E-state index in [2.05, 4.69) is 24.8 Å². The molecule has 0 unspecified atom stereocenters. The molecular weight excluding hydrogens is 309 g/mol. The Labute approximate surface area is 141 Å². The number of aryl methyl sites for hydroxylation is 3. The molecule has 0 N–H and O–H groups in total. The monoisotopic (exact) mass is 331 g/mol. The van der Waals surface area contributed by atoms with Crippen molar-refractivity contribution in [2.45, 2.75) is 33.6 Å². The number of piperidine rings is 1. The standard InChI is InChI=1S/C17H22FN5O/c1-11-16(18)17(22-13(3)20-11)24-10-14-5-8-23(9-6-14)15-4-7-19-12(2)21-15/h4,7,14H,5-6,8-10H2,1-3H3. The summed E-state index contributed by atoms with van der Waals surface area (Å²) in [4.78, 5) is 18.9. The molecular formula is C17H22FN5O. The van der Waals surface area contributed by atoms with E-state index >= 15 is 0 Å². The molecule has 6 nitrogen and oxygen atoms in total. The molecule has 128 valence electrons.